The number of amidine groups is 1. The van der Waals surface area contributed by atoms with Gasteiger partial charge in [0.2, 0.25) is 5.88 Å². The van der Waals surface area contributed by atoms with Gasteiger partial charge in [-0.1, -0.05) is 0 Å². The quantitative estimate of drug-likeness (QED) is 0.670. The summed E-state index contributed by atoms with van der Waals surface area (Å²) in [6.45, 7) is 0. The zero-order valence-corrected chi connectivity index (χ0v) is 10.1. The first-order valence-electron chi connectivity index (χ1n) is 5.52. The van der Waals surface area contributed by atoms with E-state index in [-0.39, 0.29) is 17.5 Å². The molecule has 4 nitrogen and oxygen atoms in total. The van der Waals surface area contributed by atoms with E-state index in [0.29, 0.717) is 5.56 Å². The van der Waals surface area contributed by atoms with E-state index in [2.05, 4.69) is 4.98 Å². The molecule has 2 aromatic rings. The van der Waals surface area contributed by atoms with Crippen molar-refractivity contribution in [3.8, 4) is 11.6 Å². The number of hydrogen-bond acceptors (Lipinski definition) is 3. The zero-order valence-electron chi connectivity index (χ0n) is 10.1. The number of nitrogens with one attached hydrogen (secondary N) is 1. The molecule has 0 saturated carbocycles. The van der Waals surface area contributed by atoms with Crippen molar-refractivity contribution in [2.24, 2.45) is 5.73 Å². The van der Waals surface area contributed by atoms with Crippen molar-refractivity contribution in [3.63, 3.8) is 0 Å². The molecule has 0 saturated heterocycles. The van der Waals surface area contributed by atoms with Gasteiger partial charge in [-0.2, -0.15) is 13.2 Å². The second kappa shape index (κ2) is 5.20. The van der Waals surface area contributed by atoms with Gasteiger partial charge in [-0.25, -0.2) is 4.98 Å². The van der Waals surface area contributed by atoms with Gasteiger partial charge in [0.25, 0.3) is 0 Å². The topological polar surface area (TPSA) is 72.0 Å². The van der Waals surface area contributed by atoms with Gasteiger partial charge in [-0.05, 0) is 30.3 Å². The number of alkyl halides is 3. The molecule has 0 unspecified atom stereocenters. The summed E-state index contributed by atoms with van der Waals surface area (Å²) in [5.41, 5.74) is 4.96. The van der Waals surface area contributed by atoms with E-state index >= 15 is 0 Å². The van der Waals surface area contributed by atoms with Crippen molar-refractivity contribution >= 4 is 5.84 Å². The van der Waals surface area contributed by atoms with Gasteiger partial charge in [0.05, 0.1) is 5.56 Å². The highest BCUT2D eigenvalue weighted by Crippen LogP contribution is 2.31. The first-order valence-corrected chi connectivity index (χ1v) is 5.52. The predicted molar refractivity (Wildman–Crippen MR) is 66.8 cm³/mol. The molecule has 2 rings (SSSR count). The van der Waals surface area contributed by atoms with Gasteiger partial charge in [-0.15, -0.1) is 0 Å². The fourth-order valence-corrected chi connectivity index (χ4v) is 1.43. The Bertz CT molecular complexity index is 606. The molecule has 0 aliphatic carbocycles. The molecule has 0 spiro atoms. The summed E-state index contributed by atoms with van der Waals surface area (Å²) < 4.78 is 42.4. The van der Waals surface area contributed by atoms with Crippen LogP contribution >= 0.6 is 0 Å². The van der Waals surface area contributed by atoms with E-state index in [1.54, 1.807) is 0 Å². The number of ether oxygens (including phenoxy) is 1. The number of aromatic nitrogens is 1. The molecule has 0 radical (unpaired) electrons. The Balaban J connectivity index is 2.12. The number of nitrogens with zero attached hydrogens (tertiary/aromatic N) is 1. The summed E-state index contributed by atoms with van der Waals surface area (Å²) in [5, 5.41) is 7.20. The van der Waals surface area contributed by atoms with Gasteiger partial charge in [-0.3, -0.25) is 5.41 Å². The van der Waals surface area contributed by atoms with E-state index in [9.17, 15) is 13.2 Å². The molecular weight excluding hydrogens is 271 g/mol. The van der Waals surface area contributed by atoms with Crippen LogP contribution in [0.1, 0.15) is 11.1 Å². The first kappa shape index (κ1) is 13.9. The minimum atomic E-state index is -4.38. The average Bonchev–Trinajstić information content (AvgIpc) is 2.39. The van der Waals surface area contributed by atoms with Crippen molar-refractivity contribution in [1.29, 1.82) is 5.41 Å². The van der Waals surface area contributed by atoms with Crippen LogP contribution in [0.25, 0.3) is 0 Å². The second-order valence-corrected chi connectivity index (χ2v) is 3.92. The molecule has 104 valence electrons. The van der Waals surface area contributed by atoms with Crippen LogP contribution in [0, 0.1) is 5.41 Å². The summed E-state index contributed by atoms with van der Waals surface area (Å²) in [7, 11) is 0. The third-order valence-corrected chi connectivity index (χ3v) is 2.45. The fraction of sp³-hybridized carbons (Fsp3) is 0.0769. The van der Waals surface area contributed by atoms with Gasteiger partial charge >= 0.3 is 6.18 Å². The van der Waals surface area contributed by atoms with Crippen LogP contribution in [0.3, 0.4) is 0 Å². The maximum Gasteiger partial charge on any atom is 0.416 e. The second-order valence-electron chi connectivity index (χ2n) is 3.92. The van der Waals surface area contributed by atoms with E-state index < -0.39 is 11.7 Å². The summed E-state index contributed by atoms with van der Waals surface area (Å²) in [4.78, 5) is 3.90. The summed E-state index contributed by atoms with van der Waals surface area (Å²) >= 11 is 0. The molecule has 3 N–H and O–H groups in total. The smallest absolute Gasteiger partial charge is 0.416 e. The van der Waals surface area contributed by atoms with Gasteiger partial charge < -0.3 is 10.5 Å². The maximum absolute atomic E-state index is 12.4. The first-order chi connectivity index (χ1) is 9.36. The molecule has 1 aromatic carbocycles. The standard InChI is InChI=1S/C13H10F3N3O/c14-13(15,16)9-2-4-10(5-3-9)20-11-6-1-8(7-19-11)12(17)18/h1-7H,(H3,17,18). The van der Waals surface area contributed by atoms with Crippen LogP contribution in [0.4, 0.5) is 13.2 Å². The largest absolute Gasteiger partial charge is 0.439 e. The normalized spacial score (nSPS) is 11.2. The molecule has 0 bridgehead atoms. The maximum atomic E-state index is 12.4. The molecule has 0 aliphatic heterocycles. The Hall–Kier alpha value is -2.57. The van der Waals surface area contributed by atoms with Crippen LogP contribution in [-0.4, -0.2) is 10.8 Å². The van der Waals surface area contributed by atoms with Gasteiger partial charge in [0, 0.05) is 17.8 Å². The molecule has 0 atom stereocenters. The summed E-state index contributed by atoms with van der Waals surface area (Å²) in [5.74, 6) is 0.314. The van der Waals surface area contributed by atoms with Crippen LogP contribution in [-0.2, 0) is 6.18 Å². The number of hydrogen-bond donors (Lipinski definition) is 2. The summed E-state index contributed by atoms with van der Waals surface area (Å²) in [6.07, 6.45) is -3.03. The molecule has 1 aromatic heterocycles. The van der Waals surface area contributed by atoms with Crippen molar-refractivity contribution < 1.29 is 17.9 Å². The molecule has 20 heavy (non-hydrogen) atoms. The molecule has 7 heteroatoms. The molecule has 0 fully saturated rings. The van der Waals surface area contributed by atoms with Gasteiger partial charge in [0.15, 0.2) is 0 Å². The highest BCUT2D eigenvalue weighted by Gasteiger charge is 2.30. The Kier molecular flexibility index (Phi) is 3.60. The lowest BCUT2D eigenvalue weighted by molar-refractivity contribution is -0.137. The van der Waals surface area contributed by atoms with E-state index in [0.717, 1.165) is 12.1 Å². The molecule has 0 amide bonds. The van der Waals surface area contributed by atoms with Crippen LogP contribution in [0.15, 0.2) is 42.6 Å². The SMILES string of the molecule is N=C(N)c1ccc(Oc2ccc(C(F)(F)F)cc2)nc1. The van der Waals surface area contributed by atoms with Crippen LogP contribution in [0.2, 0.25) is 0 Å². The third-order valence-electron chi connectivity index (χ3n) is 2.45. The van der Waals surface area contributed by atoms with E-state index in [4.69, 9.17) is 15.9 Å². The van der Waals surface area contributed by atoms with Gasteiger partial charge in [0.1, 0.15) is 11.6 Å². The number of halogens is 3. The molecule has 1 heterocycles. The van der Waals surface area contributed by atoms with Crippen LogP contribution in [0.5, 0.6) is 11.6 Å². The molecule has 0 aliphatic rings. The summed E-state index contributed by atoms with van der Waals surface area (Å²) in [6, 6.07) is 7.30. The number of rotatable bonds is 3. The lowest BCUT2D eigenvalue weighted by Gasteiger charge is -2.08. The number of nitrogens with two attached hydrogens (primary N) is 1. The van der Waals surface area contributed by atoms with E-state index in [1.165, 1.54) is 30.5 Å². The Morgan fingerprint density at radius 1 is 1.10 bits per heavy atom. The Labute approximate surface area is 112 Å². The van der Waals surface area contributed by atoms with Crippen LogP contribution < -0.4 is 10.5 Å². The minimum absolute atomic E-state index is 0.126. The van der Waals surface area contributed by atoms with Crippen molar-refractivity contribution in [1.82, 2.24) is 4.98 Å². The predicted octanol–water partition coefficient (Wildman–Crippen LogP) is 3.18. The monoisotopic (exact) mass is 281 g/mol. The fourth-order valence-electron chi connectivity index (χ4n) is 1.43. The van der Waals surface area contributed by atoms with E-state index in [1.807, 2.05) is 0 Å². The molecular formula is C13H10F3N3O. The minimum Gasteiger partial charge on any atom is -0.439 e. The third kappa shape index (κ3) is 3.25. The number of nitrogen functional groups attached to an aromatic ring is 1. The number of benzene rings is 1. The average molecular weight is 281 g/mol. The highest BCUT2D eigenvalue weighted by atomic mass is 19.4. The highest BCUT2D eigenvalue weighted by molar-refractivity contribution is 5.94. The van der Waals surface area contributed by atoms with Crippen molar-refractivity contribution in [2.45, 2.75) is 6.18 Å². The number of pyridine rings is 1. The van der Waals surface area contributed by atoms with Crippen molar-refractivity contribution in [3.05, 3.63) is 53.7 Å². The Morgan fingerprint density at radius 3 is 2.20 bits per heavy atom. The Morgan fingerprint density at radius 2 is 1.75 bits per heavy atom. The lowest BCUT2D eigenvalue weighted by Crippen LogP contribution is -2.11. The zero-order chi connectivity index (χ0) is 14.8. The lowest BCUT2D eigenvalue weighted by atomic mass is 10.2. The van der Waals surface area contributed by atoms with Crippen molar-refractivity contribution in [2.75, 3.05) is 0 Å².